The first kappa shape index (κ1) is 13.9. The Morgan fingerprint density at radius 2 is 2.05 bits per heavy atom. The van der Waals surface area contributed by atoms with Crippen molar-refractivity contribution < 1.29 is 22.3 Å². The highest BCUT2D eigenvalue weighted by molar-refractivity contribution is 5.23. The summed E-state index contributed by atoms with van der Waals surface area (Å²) < 4.78 is 54.8. The Balaban J connectivity index is 2.17. The van der Waals surface area contributed by atoms with Crippen LogP contribution in [-0.2, 0) is 0 Å². The molecule has 0 spiro atoms. The predicted molar refractivity (Wildman–Crippen MR) is 55.6 cm³/mol. The Kier molecular flexibility index (Phi) is 3.63. The van der Waals surface area contributed by atoms with Crippen molar-refractivity contribution in [2.45, 2.75) is 12.3 Å². The maximum Gasteiger partial charge on any atom is 0.340 e. The maximum atomic E-state index is 12.7. The van der Waals surface area contributed by atoms with Crippen molar-refractivity contribution >= 4 is 5.95 Å². The molecular weight excluding hydrogens is 286 g/mol. The zero-order valence-electron chi connectivity index (χ0n) is 9.62. The van der Waals surface area contributed by atoms with E-state index in [1.807, 2.05) is 0 Å². The first-order valence-corrected chi connectivity index (χ1v) is 5.04. The molecule has 108 valence electrons. The summed E-state index contributed by atoms with van der Waals surface area (Å²) in [7, 11) is 0. The lowest BCUT2D eigenvalue weighted by Gasteiger charge is -2.15. The number of nitrogens with zero attached hydrogens (tertiary/aromatic N) is 6. The van der Waals surface area contributed by atoms with Gasteiger partial charge in [0.15, 0.2) is 6.61 Å². The average Bonchev–Trinajstić information content (AvgIpc) is 2.89. The van der Waals surface area contributed by atoms with Gasteiger partial charge in [-0.2, -0.15) is 33.5 Å². The molecule has 0 atom stereocenters. The lowest BCUT2D eigenvalue weighted by molar-refractivity contribution is -0.149. The molecule has 0 amide bonds. The molecule has 12 heteroatoms. The smallest absolute Gasteiger partial charge is 0.340 e. The van der Waals surface area contributed by atoms with Gasteiger partial charge in [-0.1, -0.05) is 0 Å². The van der Waals surface area contributed by atoms with E-state index < -0.39 is 25.0 Å². The van der Waals surface area contributed by atoms with Gasteiger partial charge in [0.25, 0.3) is 5.95 Å². The Bertz CT molecular complexity index is 576. The summed E-state index contributed by atoms with van der Waals surface area (Å²) in [5, 5.41) is 3.68. The summed E-state index contributed by atoms with van der Waals surface area (Å²) in [6, 6.07) is -0.622. The van der Waals surface area contributed by atoms with Crippen LogP contribution in [0.5, 0.6) is 6.01 Å². The van der Waals surface area contributed by atoms with E-state index in [2.05, 4.69) is 29.8 Å². The van der Waals surface area contributed by atoms with Crippen LogP contribution < -0.4 is 10.5 Å². The third-order valence-electron chi connectivity index (χ3n) is 1.96. The van der Waals surface area contributed by atoms with E-state index in [-0.39, 0.29) is 11.9 Å². The average molecular weight is 293 g/mol. The first-order valence-electron chi connectivity index (χ1n) is 5.04. The van der Waals surface area contributed by atoms with Crippen molar-refractivity contribution in [1.82, 2.24) is 29.7 Å². The largest absolute Gasteiger partial charge is 0.457 e. The van der Waals surface area contributed by atoms with Gasteiger partial charge >= 0.3 is 18.4 Å². The third-order valence-corrected chi connectivity index (χ3v) is 1.96. The van der Waals surface area contributed by atoms with Crippen LogP contribution in [0.2, 0.25) is 0 Å². The number of hydrogen-bond donors (Lipinski definition) is 1. The second kappa shape index (κ2) is 5.22. The van der Waals surface area contributed by atoms with Crippen molar-refractivity contribution in [3.05, 3.63) is 12.7 Å². The Hall–Kier alpha value is -2.53. The number of alkyl halides is 4. The molecule has 0 saturated carbocycles. The molecule has 0 radical (unpaired) electrons. The zero-order valence-corrected chi connectivity index (χ0v) is 9.62. The van der Waals surface area contributed by atoms with Gasteiger partial charge < -0.3 is 10.5 Å². The molecule has 2 N–H and O–H groups in total. The number of halogens is 4. The van der Waals surface area contributed by atoms with Crippen LogP contribution in [0.4, 0.5) is 23.5 Å². The van der Waals surface area contributed by atoms with Crippen molar-refractivity contribution in [2.75, 3.05) is 12.3 Å². The summed E-state index contributed by atoms with van der Waals surface area (Å²) in [6.07, 6.45) is -1.48. The number of nitrogens with two attached hydrogens (primary N) is 1. The highest BCUT2D eigenvalue weighted by atomic mass is 19.3. The Labute approximate surface area is 108 Å². The summed E-state index contributed by atoms with van der Waals surface area (Å²) in [5.41, 5.74) is 5.33. The molecule has 2 rings (SSSR count). The molecule has 0 aliphatic heterocycles. The fourth-order valence-electron chi connectivity index (χ4n) is 1.06. The van der Waals surface area contributed by atoms with Gasteiger partial charge in [-0.15, -0.1) is 0 Å². The topological polar surface area (TPSA) is 105 Å². The molecule has 0 fully saturated rings. The van der Waals surface area contributed by atoms with Crippen LogP contribution in [0.3, 0.4) is 0 Å². The standard InChI is InChI=1S/C8H7F4N7O/c9-4(10)8(11,12)1-20-7-17-5(13)16-6(18-7)19-3-14-2-15-19/h2-4H,1H2,(H2,13,16,17,18). The fourth-order valence-corrected chi connectivity index (χ4v) is 1.06. The Morgan fingerprint density at radius 3 is 2.65 bits per heavy atom. The van der Waals surface area contributed by atoms with Gasteiger partial charge in [0.05, 0.1) is 0 Å². The minimum absolute atomic E-state index is 0.148. The van der Waals surface area contributed by atoms with E-state index in [1.54, 1.807) is 0 Å². The van der Waals surface area contributed by atoms with Gasteiger partial charge in [-0.25, -0.2) is 13.8 Å². The Morgan fingerprint density at radius 1 is 1.30 bits per heavy atom. The van der Waals surface area contributed by atoms with Crippen molar-refractivity contribution in [2.24, 2.45) is 0 Å². The molecule has 0 bridgehead atoms. The molecule has 0 unspecified atom stereocenters. The van der Waals surface area contributed by atoms with Gasteiger partial charge in [-0.05, 0) is 0 Å². The van der Waals surface area contributed by atoms with Gasteiger partial charge in [0.2, 0.25) is 5.95 Å². The summed E-state index contributed by atoms with van der Waals surface area (Å²) >= 11 is 0. The normalized spacial score (nSPS) is 11.8. The van der Waals surface area contributed by atoms with Crippen LogP contribution in [0.25, 0.3) is 5.95 Å². The summed E-state index contributed by atoms with van der Waals surface area (Å²) in [4.78, 5) is 14.3. The minimum atomic E-state index is -4.32. The van der Waals surface area contributed by atoms with Crippen LogP contribution in [0, 0.1) is 0 Å². The van der Waals surface area contributed by atoms with Gasteiger partial charge in [0.1, 0.15) is 12.7 Å². The van der Waals surface area contributed by atoms with Crippen molar-refractivity contribution in [3.63, 3.8) is 0 Å². The molecule has 2 aromatic rings. The van der Waals surface area contributed by atoms with Crippen molar-refractivity contribution in [3.8, 4) is 12.0 Å². The number of nitrogen functional groups attached to an aromatic ring is 1. The zero-order chi connectivity index (χ0) is 14.8. The summed E-state index contributed by atoms with van der Waals surface area (Å²) in [5.74, 6) is -4.82. The van der Waals surface area contributed by atoms with Crippen LogP contribution in [-0.4, -0.2) is 48.7 Å². The van der Waals surface area contributed by atoms with Crippen LogP contribution >= 0.6 is 0 Å². The van der Waals surface area contributed by atoms with Crippen LogP contribution in [0.1, 0.15) is 0 Å². The highest BCUT2D eigenvalue weighted by Crippen LogP contribution is 2.23. The molecule has 0 aliphatic rings. The SMILES string of the molecule is Nc1nc(OCC(F)(F)C(F)F)nc(-n2cncn2)n1. The molecule has 2 aromatic heterocycles. The molecule has 0 aliphatic carbocycles. The quantitative estimate of drug-likeness (QED) is 0.791. The molecular formula is C8H7F4N7O. The first-order chi connectivity index (χ1) is 9.38. The molecule has 0 saturated heterocycles. The number of rotatable bonds is 5. The number of hydrogen-bond acceptors (Lipinski definition) is 7. The second-order valence-electron chi connectivity index (χ2n) is 3.47. The molecule has 20 heavy (non-hydrogen) atoms. The lowest BCUT2D eigenvalue weighted by Crippen LogP contribution is -2.34. The highest BCUT2D eigenvalue weighted by Gasteiger charge is 2.42. The van der Waals surface area contributed by atoms with Crippen LogP contribution in [0.15, 0.2) is 12.7 Å². The van der Waals surface area contributed by atoms with Gasteiger partial charge in [0, 0.05) is 0 Å². The van der Waals surface area contributed by atoms with E-state index in [0.717, 1.165) is 4.68 Å². The van der Waals surface area contributed by atoms with E-state index in [4.69, 9.17) is 5.73 Å². The third kappa shape index (κ3) is 3.07. The minimum Gasteiger partial charge on any atom is -0.457 e. The van der Waals surface area contributed by atoms with Crippen molar-refractivity contribution in [1.29, 1.82) is 0 Å². The number of aromatic nitrogens is 6. The maximum absolute atomic E-state index is 12.7. The van der Waals surface area contributed by atoms with E-state index in [0.29, 0.717) is 0 Å². The number of anilines is 1. The predicted octanol–water partition coefficient (Wildman–Crippen LogP) is 0.314. The molecule has 2 heterocycles. The molecule has 0 aromatic carbocycles. The summed E-state index contributed by atoms with van der Waals surface area (Å²) in [6.45, 7) is -1.59. The van der Waals surface area contributed by atoms with E-state index in [1.165, 1.54) is 12.7 Å². The molecule has 8 nitrogen and oxygen atoms in total. The van der Waals surface area contributed by atoms with E-state index >= 15 is 0 Å². The van der Waals surface area contributed by atoms with Gasteiger partial charge in [-0.3, -0.25) is 0 Å². The fraction of sp³-hybridized carbons (Fsp3) is 0.375. The van der Waals surface area contributed by atoms with E-state index in [9.17, 15) is 17.6 Å². The lowest BCUT2D eigenvalue weighted by atomic mass is 10.4. The number of ether oxygens (including phenoxy) is 1. The monoisotopic (exact) mass is 293 g/mol. The second-order valence-corrected chi connectivity index (χ2v) is 3.47.